The molecular formula is C22H28N2O5. The molecule has 156 valence electrons. The minimum absolute atomic E-state index is 0.0441. The Kier molecular flexibility index (Phi) is 6.67. The van der Waals surface area contributed by atoms with Crippen molar-refractivity contribution in [3.63, 3.8) is 0 Å². The Labute approximate surface area is 171 Å². The highest BCUT2D eigenvalue weighted by Gasteiger charge is 2.35. The van der Waals surface area contributed by atoms with Gasteiger partial charge in [-0.05, 0) is 38.8 Å². The summed E-state index contributed by atoms with van der Waals surface area (Å²) in [5.41, 5.74) is 0.696. The lowest BCUT2D eigenvalue weighted by atomic mass is 9.93. The molecule has 1 aliphatic heterocycles. The maximum Gasteiger partial charge on any atom is 0.308 e. The lowest BCUT2D eigenvalue weighted by molar-refractivity contribution is -0.154. The first kappa shape index (κ1) is 21.0. The SMILES string of the molecule is CC(C)N(C(=O)COC(=O)CCN1C(=O)c2ccccc2C1=O)C1CCCCC1. The first-order valence-electron chi connectivity index (χ1n) is 10.3. The van der Waals surface area contributed by atoms with Crippen LogP contribution in [0.25, 0.3) is 0 Å². The van der Waals surface area contributed by atoms with E-state index < -0.39 is 17.8 Å². The maximum absolute atomic E-state index is 12.6. The van der Waals surface area contributed by atoms with Gasteiger partial charge in [-0.2, -0.15) is 0 Å². The molecule has 7 heteroatoms. The number of carbonyl (C=O) groups is 4. The fourth-order valence-electron chi connectivity index (χ4n) is 4.21. The minimum Gasteiger partial charge on any atom is -0.456 e. The summed E-state index contributed by atoms with van der Waals surface area (Å²) in [6, 6.07) is 6.83. The molecule has 7 nitrogen and oxygen atoms in total. The number of carbonyl (C=O) groups excluding carboxylic acids is 4. The van der Waals surface area contributed by atoms with Gasteiger partial charge < -0.3 is 9.64 Å². The molecule has 1 aromatic carbocycles. The van der Waals surface area contributed by atoms with Crippen molar-refractivity contribution >= 4 is 23.7 Å². The van der Waals surface area contributed by atoms with Gasteiger partial charge in [-0.1, -0.05) is 31.4 Å². The second-order valence-electron chi connectivity index (χ2n) is 7.90. The van der Waals surface area contributed by atoms with Crippen molar-refractivity contribution in [3.8, 4) is 0 Å². The molecule has 3 rings (SSSR count). The highest BCUT2D eigenvalue weighted by molar-refractivity contribution is 6.21. The molecule has 1 aliphatic carbocycles. The molecule has 1 heterocycles. The third-order valence-corrected chi connectivity index (χ3v) is 5.59. The maximum atomic E-state index is 12.6. The van der Waals surface area contributed by atoms with E-state index in [-0.39, 0.29) is 37.6 Å². The molecular weight excluding hydrogens is 372 g/mol. The van der Waals surface area contributed by atoms with E-state index in [4.69, 9.17) is 4.74 Å². The molecule has 0 N–H and O–H groups in total. The standard InChI is InChI=1S/C22H28N2O5/c1-15(2)24(16-8-4-3-5-9-16)19(25)14-29-20(26)12-13-23-21(27)17-10-6-7-11-18(17)22(23)28/h6-7,10-11,15-16H,3-5,8-9,12-14H2,1-2H3. The van der Waals surface area contributed by atoms with E-state index in [1.165, 1.54) is 6.42 Å². The Morgan fingerprint density at radius 2 is 1.66 bits per heavy atom. The smallest absolute Gasteiger partial charge is 0.308 e. The van der Waals surface area contributed by atoms with Gasteiger partial charge >= 0.3 is 5.97 Å². The molecule has 0 bridgehead atoms. The summed E-state index contributed by atoms with van der Waals surface area (Å²) in [5.74, 6) is -1.60. The predicted octanol–water partition coefficient (Wildman–Crippen LogP) is 2.79. The summed E-state index contributed by atoms with van der Waals surface area (Å²) in [6.45, 7) is 3.57. The van der Waals surface area contributed by atoms with Crippen LogP contribution in [0.4, 0.5) is 0 Å². The highest BCUT2D eigenvalue weighted by atomic mass is 16.5. The van der Waals surface area contributed by atoms with Crippen molar-refractivity contribution in [1.29, 1.82) is 0 Å². The van der Waals surface area contributed by atoms with Crippen molar-refractivity contribution in [1.82, 2.24) is 9.80 Å². The fraction of sp³-hybridized carbons (Fsp3) is 0.545. The summed E-state index contributed by atoms with van der Waals surface area (Å²) < 4.78 is 5.15. The van der Waals surface area contributed by atoms with E-state index >= 15 is 0 Å². The van der Waals surface area contributed by atoms with E-state index in [1.54, 1.807) is 24.3 Å². The molecule has 0 radical (unpaired) electrons. The van der Waals surface area contributed by atoms with Crippen LogP contribution in [0.2, 0.25) is 0 Å². The average molecular weight is 400 g/mol. The monoisotopic (exact) mass is 400 g/mol. The summed E-state index contributed by atoms with van der Waals surface area (Å²) >= 11 is 0. The molecule has 0 spiro atoms. The Balaban J connectivity index is 1.49. The third-order valence-electron chi connectivity index (χ3n) is 5.59. The highest BCUT2D eigenvalue weighted by Crippen LogP contribution is 2.25. The Bertz CT molecular complexity index is 763. The van der Waals surface area contributed by atoms with Crippen LogP contribution >= 0.6 is 0 Å². The first-order valence-corrected chi connectivity index (χ1v) is 10.3. The number of fused-ring (bicyclic) bond motifs is 1. The third kappa shape index (κ3) is 4.66. The van der Waals surface area contributed by atoms with Gasteiger partial charge in [0, 0.05) is 18.6 Å². The van der Waals surface area contributed by atoms with Gasteiger partial charge in [0.15, 0.2) is 6.61 Å². The van der Waals surface area contributed by atoms with Gasteiger partial charge in [0.05, 0.1) is 17.5 Å². The number of hydrogen-bond donors (Lipinski definition) is 0. The van der Waals surface area contributed by atoms with Crippen LogP contribution in [0.15, 0.2) is 24.3 Å². The van der Waals surface area contributed by atoms with Gasteiger partial charge in [0.2, 0.25) is 0 Å². The van der Waals surface area contributed by atoms with Crippen LogP contribution in [0, 0.1) is 0 Å². The molecule has 0 atom stereocenters. The zero-order chi connectivity index (χ0) is 21.0. The molecule has 2 aliphatic rings. The zero-order valence-electron chi connectivity index (χ0n) is 17.1. The topological polar surface area (TPSA) is 84.0 Å². The lowest BCUT2D eigenvalue weighted by Gasteiger charge is -2.37. The minimum atomic E-state index is -0.595. The van der Waals surface area contributed by atoms with Gasteiger partial charge in [-0.25, -0.2) is 0 Å². The molecule has 3 amide bonds. The van der Waals surface area contributed by atoms with Crippen LogP contribution in [0.5, 0.6) is 0 Å². The second-order valence-corrected chi connectivity index (χ2v) is 7.90. The van der Waals surface area contributed by atoms with Gasteiger partial charge in [0.25, 0.3) is 17.7 Å². The van der Waals surface area contributed by atoms with Crippen molar-refractivity contribution in [2.75, 3.05) is 13.2 Å². The molecule has 0 aromatic heterocycles. The Morgan fingerprint density at radius 1 is 1.07 bits per heavy atom. The average Bonchev–Trinajstić information content (AvgIpc) is 2.96. The number of rotatable bonds is 7. The summed E-state index contributed by atoms with van der Waals surface area (Å²) in [7, 11) is 0. The number of benzene rings is 1. The number of esters is 1. The fourth-order valence-corrected chi connectivity index (χ4v) is 4.21. The van der Waals surface area contributed by atoms with Crippen LogP contribution in [0.1, 0.15) is 73.1 Å². The molecule has 0 saturated heterocycles. The first-order chi connectivity index (χ1) is 13.9. The molecule has 1 saturated carbocycles. The quantitative estimate of drug-likeness (QED) is 0.519. The van der Waals surface area contributed by atoms with Crippen molar-refractivity contribution in [3.05, 3.63) is 35.4 Å². The van der Waals surface area contributed by atoms with E-state index in [0.29, 0.717) is 11.1 Å². The van der Waals surface area contributed by atoms with Crippen molar-refractivity contribution in [2.45, 2.75) is 64.5 Å². The van der Waals surface area contributed by atoms with E-state index in [1.807, 2.05) is 18.7 Å². The van der Waals surface area contributed by atoms with Crippen LogP contribution in [0.3, 0.4) is 0 Å². The summed E-state index contributed by atoms with van der Waals surface area (Å²) in [5, 5.41) is 0. The normalized spacial score (nSPS) is 16.9. The molecule has 1 fully saturated rings. The Morgan fingerprint density at radius 3 is 2.21 bits per heavy atom. The molecule has 29 heavy (non-hydrogen) atoms. The van der Waals surface area contributed by atoms with Crippen LogP contribution in [-0.2, 0) is 14.3 Å². The Hall–Kier alpha value is -2.70. The van der Waals surface area contributed by atoms with Gasteiger partial charge in [-0.15, -0.1) is 0 Å². The van der Waals surface area contributed by atoms with E-state index in [2.05, 4.69) is 0 Å². The van der Waals surface area contributed by atoms with Crippen molar-refractivity contribution in [2.24, 2.45) is 0 Å². The summed E-state index contributed by atoms with van der Waals surface area (Å²) in [6.07, 6.45) is 5.25. The van der Waals surface area contributed by atoms with E-state index in [0.717, 1.165) is 30.6 Å². The van der Waals surface area contributed by atoms with Gasteiger partial charge in [-0.3, -0.25) is 24.1 Å². The number of amides is 3. The largest absolute Gasteiger partial charge is 0.456 e. The number of hydrogen-bond acceptors (Lipinski definition) is 5. The second kappa shape index (κ2) is 9.20. The zero-order valence-corrected chi connectivity index (χ0v) is 17.1. The molecule has 0 unspecified atom stereocenters. The number of ether oxygens (including phenoxy) is 1. The summed E-state index contributed by atoms with van der Waals surface area (Å²) in [4.78, 5) is 52.3. The lowest BCUT2D eigenvalue weighted by Crippen LogP contribution is -2.47. The molecule has 1 aromatic rings. The number of imide groups is 1. The van der Waals surface area contributed by atoms with Crippen molar-refractivity contribution < 1.29 is 23.9 Å². The predicted molar refractivity (Wildman–Crippen MR) is 106 cm³/mol. The number of nitrogens with zero attached hydrogens (tertiary/aromatic N) is 2. The van der Waals surface area contributed by atoms with E-state index in [9.17, 15) is 19.2 Å². The van der Waals surface area contributed by atoms with Crippen LogP contribution in [-0.4, -0.2) is 58.7 Å². The van der Waals surface area contributed by atoms with Crippen LogP contribution < -0.4 is 0 Å². The van der Waals surface area contributed by atoms with Gasteiger partial charge in [0.1, 0.15) is 0 Å².